The molecule has 2 rings (SSSR count). The Morgan fingerprint density at radius 3 is 2.42 bits per heavy atom. The van der Waals surface area contributed by atoms with Crippen LogP contribution in [0, 0.1) is 18.6 Å². The van der Waals surface area contributed by atoms with Gasteiger partial charge in [-0.3, -0.25) is 0 Å². The molecule has 0 aliphatic heterocycles. The van der Waals surface area contributed by atoms with Gasteiger partial charge in [-0.15, -0.1) is 0 Å². The maximum absolute atomic E-state index is 13.4. The van der Waals surface area contributed by atoms with Gasteiger partial charge in [0.05, 0.1) is 9.30 Å². The molecule has 0 N–H and O–H groups in total. The number of alkyl halides is 1. The van der Waals surface area contributed by atoms with Gasteiger partial charge in [0, 0.05) is 5.02 Å². The summed E-state index contributed by atoms with van der Waals surface area (Å²) in [5.74, 6) is -0.668. The Hall–Kier alpha value is -0.450. The van der Waals surface area contributed by atoms with E-state index in [1.165, 1.54) is 12.1 Å². The van der Waals surface area contributed by atoms with E-state index in [0.717, 1.165) is 11.1 Å². The number of hydrogen-bond acceptors (Lipinski definition) is 0. The second-order valence-electron chi connectivity index (χ2n) is 4.16. The van der Waals surface area contributed by atoms with Crippen molar-refractivity contribution >= 4 is 43.5 Å². The van der Waals surface area contributed by atoms with Gasteiger partial charge in [-0.05, 0) is 57.7 Å². The highest BCUT2D eigenvalue weighted by Crippen LogP contribution is 2.37. The highest BCUT2D eigenvalue weighted by Gasteiger charge is 2.17. The molecule has 1 unspecified atom stereocenters. The Bertz CT molecular complexity index is 629. The predicted octanol–water partition coefficient (Wildman–Crippen LogP) is 6.17. The van der Waals surface area contributed by atoms with Gasteiger partial charge in [0.1, 0.15) is 11.6 Å². The summed E-state index contributed by atoms with van der Waals surface area (Å²) in [6.07, 6.45) is 0. The van der Waals surface area contributed by atoms with Crippen LogP contribution in [0.2, 0.25) is 5.02 Å². The van der Waals surface area contributed by atoms with Crippen LogP contribution < -0.4 is 0 Å². The van der Waals surface area contributed by atoms with Gasteiger partial charge < -0.3 is 0 Å². The van der Waals surface area contributed by atoms with Gasteiger partial charge in [0.25, 0.3) is 0 Å². The van der Waals surface area contributed by atoms with Crippen molar-refractivity contribution in [3.8, 4) is 0 Å². The maximum Gasteiger partial charge on any atom is 0.137 e. The van der Waals surface area contributed by atoms with E-state index in [2.05, 4.69) is 31.9 Å². The zero-order chi connectivity index (χ0) is 14.2. The van der Waals surface area contributed by atoms with Crippen LogP contribution in [0.3, 0.4) is 0 Å². The average molecular weight is 410 g/mol. The third-order valence-electron chi connectivity index (χ3n) is 2.79. The number of benzene rings is 2. The van der Waals surface area contributed by atoms with Crippen molar-refractivity contribution in [2.75, 3.05) is 0 Å². The predicted molar refractivity (Wildman–Crippen MR) is 81.0 cm³/mol. The lowest BCUT2D eigenvalue weighted by molar-refractivity contribution is 0.617. The van der Waals surface area contributed by atoms with Crippen LogP contribution in [0.4, 0.5) is 8.78 Å². The number of rotatable bonds is 2. The molecule has 0 fully saturated rings. The lowest BCUT2D eigenvalue weighted by Gasteiger charge is -2.14. The van der Waals surface area contributed by atoms with Crippen molar-refractivity contribution in [2.24, 2.45) is 0 Å². The van der Waals surface area contributed by atoms with Crippen LogP contribution in [-0.2, 0) is 0 Å². The molecular weight excluding hydrogens is 401 g/mol. The first kappa shape index (κ1) is 14.9. The monoisotopic (exact) mass is 408 g/mol. The molecule has 0 heterocycles. The van der Waals surface area contributed by atoms with E-state index in [-0.39, 0.29) is 16.5 Å². The Morgan fingerprint density at radius 1 is 1.11 bits per heavy atom. The van der Waals surface area contributed by atoms with Crippen LogP contribution in [-0.4, -0.2) is 0 Å². The molecule has 0 saturated heterocycles. The third-order valence-corrected chi connectivity index (χ3v) is 4.74. The molecule has 0 saturated carbocycles. The Kier molecular flexibility index (Phi) is 4.64. The van der Waals surface area contributed by atoms with E-state index < -0.39 is 0 Å². The number of hydrogen-bond donors (Lipinski definition) is 0. The molecule has 2 aromatic carbocycles. The van der Waals surface area contributed by atoms with Gasteiger partial charge in [0.2, 0.25) is 0 Å². The molecule has 1 atom stereocenters. The molecule has 0 amide bonds. The van der Waals surface area contributed by atoms with Crippen LogP contribution in [0.25, 0.3) is 0 Å². The topological polar surface area (TPSA) is 0 Å². The Labute approximate surface area is 132 Å². The fraction of sp³-hybridized carbons (Fsp3) is 0.143. The van der Waals surface area contributed by atoms with Crippen molar-refractivity contribution in [3.05, 3.63) is 68.2 Å². The molecule has 0 nitrogen and oxygen atoms in total. The highest BCUT2D eigenvalue weighted by molar-refractivity contribution is 9.10. The van der Waals surface area contributed by atoms with Crippen molar-refractivity contribution in [3.63, 3.8) is 0 Å². The molecule has 0 spiro atoms. The summed E-state index contributed by atoms with van der Waals surface area (Å²) in [6, 6.07) is 7.68. The summed E-state index contributed by atoms with van der Waals surface area (Å²) >= 11 is 12.7. The largest absolute Gasteiger partial charge is 0.207 e. The van der Waals surface area contributed by atoms with Crippen LogP contribution in [0.5, 0.6) is 0 Å². The first-order chi connectivity index (χ1) is 8.90. The molecule has 0 aromatic heterocycles. The Morgan fingerprint density at radius 2 is 1.79 bits per heavy atom. The molecule has 0 bridgehead atoms. The zero-order valence-corrected chi connectivity index (χ0v) is 13.8. The van der Waals surface area contributed by atoms with Crippen LogP contribution >= 0.6 is 43.5 Å². The average Bonchev–Trinajstić information content (AvgIpc) is 2.36. The third kappa shape index (κ3) is 3.18. The minimum absolute atomic E-state index is 0.226. The van der Waals surface area contributed by atoms with Gasteiger partial charge in [-0.25, -0.2) is 8.78 Å². The van der Waals surface area contributed by atoms with Crippen molar-refractivity contribution < 1.29 is 8.78 Å². The summed E-state index contributed by atoms with van der Waals surface area (Å²) in [5.41, 5.74) is 2.10. The van der Waals surface area contributed by atoms with Gasteiger partial charge in [-0.2, -0.15) is 0 Å². The molecule has 5 heteroatoms. The van der Waals surface area contributed by atoms with Crippen LogP contribution in [0.1, 0.15) is 21.5 Å². The van der Waals surface area contributed by atoms with Gasteiger partial charge >= 0.3 is 0 Å². The van der Waals surface area contributed by atoms with E-state index in [1.54, 1.807) is 25.1 Å². The quantitative estimate of drug-likeness (QED) is 0.519. The minimum Gasteiger partial charge on any atom is -0.207 e. The maximum atomic E-state index is 13.4. The summed E-state index contributed by atoms with van der Waals surface area (Å²) in [5, 5.41) is 0.338. The van der Waals surface area contributed by atoms with E-state index in [0.29, 0.717) is 15.1 Å². The smallest absolute Gasteiger partial charge is 0.137 e. The molecular formula is C14H9Br2ClF2. The second kappa shape index (κ2) is 5.90. The molecule has 2 aromatic rings. The highest BCUT2D eigenvalue weighted by atomic mass is 79.9. The summed E-state index contributed by atoms with van der Waals surface area (Å²) in [7, 11) is 0. The first-order valence-electron chi connectivity index (χ1n) is 5.44. The SMILES string of the molecule is Cc1cc(C(Br)c2ccc(F)c(Br)c2)c(Cl)cc1F. The summed E-state index contributed by atoms with van der Waals surface area (Å²) in [6.45, 7) is 1.68. The van der Waals surface area contributed by atoms with Gasteiger partial charge in [0.15, 0.2) is 0 Å². The van der Waals surface area contributed by atoms with Crippen molar-refractivity contribution in [1.82, 2.24) is 0 Å². The zero-order valence-electron chi connectivity index (χ0n) is 9.85. The summed E-state index contributed by atoms with van der Waals surface area (Å²) in [4.78, 5) is -0.226. The lowest BCUT2D eigenvalue weighted by Crippen LogP contribution is -1.97. The molecule has 0 aliphatic carbocycles. The lowest BCUT2D eigenvalue weighted by atomic mass is 10.0. The minimum atomic E-state index is -0.339. The molecule has 0 aliphatic rings. The van der Waals surface area contributed by atoms with E-state index in [9.17, 15) is 8.78 Å². The van der Waals surface area contributed by atoms with Crippen LogP contribution in [0.15, 0.2) is 34.8 Å². The fourth-order valence-electron chi connectivity index (χ4n) is 1.72. The molecule has 0 radical (unpaired) electrons. The normalized spacial score (nSPS) is 12.5. The number of halogens is 5. The fourth-order valence-corrected chi connectivity index (χ4v) is 3.17. The standard InChI is InChI=1S/C14H9Br2ClF2/c1-7-4-9(11(17)6-13(7)19)14(16)8-2-3-12(18)10(15)5-8/h2-6,14H,1H3. The number of aryl methyl sites for hydroxylation is 1. The van der Waals surface area contributed by atoms with E-state index in [1.807, 2.05) is 0 Å². The molecule has 100 valence electrons. The second-order valence-corrected chi connectivity index (χ2v) is 6.34. The van der Waals surface area contributed by atoms with Crippen molar-refractivity contribution in [2.45, 2.75) is 11.8 Å². The van der Waals surface area contributed by atoms with E-state index >= 15 is 0 Å². The first-order valence-corrected chi connectivity index (χ1v) is 7.53. The van der Waals surface area contributed by atoms with E-state index in [4.69, 9.17) is 11.6 Å². The Balaban J connectivity index is 2.46. The molecule has 19 heavy (non-hydrogen) atoms. The van der Waals surface area contributed by atoms with Crippen molar-refractivity contribution in [1.29, 1.82) is 0 Å². The van der Waals surface area contributed by atoms with Gasteiger partial charge in [-0.1, -0.05) is 39.7 Å². The summed E-state index contributed by atoms with van der Waals surface area (Å²) < 4.78 is 27.0.